The fourth-order valence-electron chi connectivity index (χ4n) is 7.45. The molecule has 4 aliphatic heterocycles. The number of rotatable bonds is 6. The van der Waals surface area contributed by atoms with Gasteiger partial charge in [-0.2, -0.15) is 0 Å². The van der Waals surface area contributed by atoms with E-state index in [1.165, 1.54) is 6.07 Å². The van der Waals surface area contributed by atoms with E-state index in [1.807, 2.05) is 34.1 Å². The molecule has 0 aromatic heterocycles. The number of quaternary nitrogens is 1. The minimum Gasteiger partial charge on any atom is -0.506 e. The summed E-state index contributed by atoms with van der Waals surface area (Å²) in [6.07, 6.45) is 4.56. The number of aromatic hydroxyl groups is 1. The summed E-state index contributed by atoms with van der Waals surface area (Å²) < 4.78 is 5.99. The minimum absolute atomic E-state index is 0.00784. The minimum atomic E-state index is -1.02. The Labute approximate surface area is 281 Å². The number of carbonyl (C=O) groups excluding carboxylic acids is 3. The number of nitrogens with zero attached hydrogens (tertiary/aromatic N) is 4. The highest BCUT2D eigenvalue weighted by molar-refractivity contribution is 6.32. The van der Waals surface area contributed by atoms with Gasteiger partial charge in [0.2, 0.25) is 0 Å². The average Bonchev–Trinajstić information content (AvgIpc) is 3.24. The van der Waals surface area contributed by atoms with Crippen molar-refractivity contribution >= 4 is 35.3 Å². The molecule has 0 bridgehead atoms. The van der Waals surface area contributed by atoms with Gasteiger partial charge in [0.25, 0.3) is 5.91 Å². The van der Waals surface area contributed by atoms with E-state index in [9.17, 15) is 19.5 Å². The number of halogens is 1. The molecule has 0 saturated carbocycles. The van der Waals surface area contributed by atoms with Gasteiger partial charge in [-0.1, -0.05) is 35.9 Å². The lowest BCUT2D eigenvalue weighted by molar-refractivity contribution is -0.479. The molecule has 4 heterocycles. The van der Waals surface area contributed by atoms with Crippen LogP contribution in [0.15, 0.2) is 42.5 Å². The third-order valence-corrected chi connectivity index (χ3v) is 10.9. The Kier molecular flexibility index (Phi) is 10.1. The fourth-order valence-corrected chi connectivity index (χ4v) is 7.65. The summed E-state index contributed by atoms with van der Waals surface area (Å²) in [5, 5.41) is 13.1. The topological polar surface area (TPSA) is 133 Å². The van der Waals surface area contributed by atoms with Crippen molar-refractivity contribution in [3.05, 3.63) is 58.6 Å². The maximum absolute atomic E-state index is 13.9. The van der Waals surface area contributed by atoms with Crippen LogP contribution in [0.25, 0.3) is 0 Å². The lowest BCUT2D eigenvalue weighted by Crippen LogP contribution is -2.74. The predicted octanol–water partition coefficient (Wildman–Crippen LogP) is 3.74. The van der Waals surface area contributed by atoms with E-state index in [4.69, 9.17) is 16.3 Å². The second-order valence-corrected chi connectivity index (χ2v) is 14.4. The standard InChI is InChI=1S/C35H47ClN6O5/c1-35(37)13-20-39(21-14-35)26-9-15-40(16-10-26)32(44)31(23-24-6-7-30(43)28(36)22-24)47-34(46)41-17-11-27(12-18-41)42-19-8-25-4-2-3-5-29(25)38-33(42)45/h2-7,22,26-27,31,43H,8-21,23,37H2,1H3,(H,38,45)/p+1. The number of para-hydroxylation sites is 1. The molecule has 1 atom stereocenters. The predicted molar refractivity (Wildman–Crippen MR) is 179 cm³/mol. The number of carbonyl (C=O) groups is 3. The summed E-state index contributed by atoms with van der Waals surface area (Å²) in [4.78, 5) is 48.4. The normalized spacial score (nSPS) is 21.9. The largest absolute Gasteiger partial charge is 0.506 e. The van der Waals surface area contributed by atoms with E-state index in [0.29, 0.717) is 57.2 Å². The van der Waals surface area contributed by atoms with Gasteiger partial charge in [-0.25, -0.2) is 9.59 Å². The summed E-state index contributed by atoms with van der Waals surface area (Å²) in [6, 6.07) is 13.0. The molecule has 3 saturated heterocycles. The van der Waals surface area contributed by atoms with E-state index >= 15 is 0 Å². The summed E-state index contributed by atoms with van der Waals surface area (Å²) in [7, 11) is 0. The molecule has 1 unspecified atom stereocenters. The molecule has 0 spiro atoms. The van der Waals surface area contributed by atoms with Crippen LogP contribution in [-0.2, 0) is 22.4 Å². The highest BCUT2D eigenvalue weighted by atomic mass is 35.5. The number of phenols is 1. The number of anilines is 1. The molecule has 4 amide bonds. The van der Waals surface area contributed by atoms with Crippen LogP contribution in [0.1, 0.15) is 56.6 Å². The van der Waals surface area contributed by atoms with Crippen LogP contribution in [0.4, 0.5) is 15.3 Å². The van der Waals surface area contributed by atoms with Gasteiger partial charge in [0.15, 0.2) is 6.10 Å². The van der Waals surface area contributed by atoms with Crippen molar-refractivity contribution in [2.24, 2.45) is 0 Å². The Morgan fingerprint density at radius 3 is 2.34 bits per heavy atom. The SMILES string of the molecule is CC1([NH3+])CCN(C2CCN(C(=O)C(Cc3ccc(O)c(Cl)c3)OC(=O)N3CCC(N4CCc5ccccc5NC4=O)CC3)CC2)CC1. The van der Waals surface area contributed by atoms with Gasteiger partial charge in [0, 0.05) is 82.8 Å². The van der Waals surface area contributed by atoms with Crippen LogP contribution >= 0.6 is 11.6 Å². The first-order chi connectivity index (χ1) is 22.6. The lowest BCUT2D eigenvalue weighted by Gasteiger charge is -2.43. The van der Waals surface area contributed by atoms with Gasteiger partial charge in [-0.05, 0) is 68.4 Å². The molecule has 6 rings (SSSR count). The second kappa shape index (κ2) is 14.3. The zero-order chi connectivity index (χ0) is 33.1. The highest BCUT2D eigenvalue weighted by Gasteiger charge is 2.38. The van der Waals surface area contributed by atoms with Crippen molar-refractivity contribution in [3.63, 3.8) is 0 Å². The van der Waals surface area contributed by atoms with Crippen molar-refractivity contribution in [3.8, 4) is 5.75 Å². The number of piperidine rings is 3. The molecule has 5 N–H and O–H groups in total. The molecule has 2 aromatic carbocycles. The molecular weight excluding hydrogens is 620 g/mol. The maximum Gasteiger partial charge on any atom is 0.410 e. The average molecular weight is 668 g/mol. The first-order valence-electron chi connectivity index (χ1n) is 17.0. The Morgan fingerprint density at radius 2 is 1.64 bits per heavy atom. The Bertz CT molecular complexity index is 1450. The number of phenolic OH excluding ortho intramolecular Hbond substituents is 1. The number of benzene rings is 2. The third kappa shape index (κ3) is 7.96. The van der Waals surface area contributed by atoms with E-state index < -0.39 is 12.2 Å². The summed E-state index contributed by atoms with van der Waals surface area (Å²) in [6.45, 7) is 7.00. The Morgan fingerprint density at radius 1 is 0.979 bits per heavy atom. The number of hydrogen-bond acceptors (Lipinski definition) is 6. The number of nitrogens with one attached hydrogen (secondary N) is 1. The van der Waals surface area contributed by atoms with Gasteiger partial charge in [0.1, 0.15) is 5.75 Å². The van der Waals surface area contributed by atoms with Gasteiger partial charge in [-0.15, -0.1) is 0 Å². The summed E-state index contributed by atoms with van der Waals surface area (Å²) in [5.41, 5.74) is 7.15. The first-order valence-corrected chi connectivity index (χ1v) is 17.4. The van der Waals surface area contributed by atoms with Crippen LogP contribution in [0, 0.1) is 0 Å². The van der Waals surface area contributed by atoms with E-state index in [1.54, 1.807) is 17.0 Å². The molecule has 2 aromatic rings. The second-order valence-electron chi connectivity index (χ2n) is 14.0. The van der Waals surface area contributed by atoms with Crippen molar-refractivity contribution in [1.82, 2.24) is 19.6 Å². The van der Waals surface area contributed by atoms with Crippen molar-refractivity contribution < 1.29 is 30.0 Å². The van der Waals surface area contributed by atoms with Crippen molar-refractivity contribution in [2.45, 2.75) is 82.0 Å². The first kappa shape index (κ1) is 33.4. The van der Waals surface area contributed by atoms with Crippen LogP contribution in [-0.4, -0.2) is 112 Å². The van der Waals surface area contributed by atoms with Crippen LogP contribution in [0.3, 0.4) is 0 Å². The Balaban J connectivity index is 1.06. The van der Waals surface area contributed by atoms with Crippen LogP contribution < -0.4 is 11.1 Å². The number of urea groups is 1. The molecule has 12 heteroatoms. The van der Waals surface area contributed by atoms with Gasteiger partial charge in [0.05, 0.1) is 10.6 Å². The molecular formula is C35H48ClN6O5+. The Hall–Kier alpha value is -3.54. The van der Waals surface area contributed by atoms with Crippen LogP contribution in [0.5, 0.6) is 5.75 Å². The molecule has 4 aliphatic rings. The van der Waals surface area contributed by atoms with Gasteiger partial charge < -0.3 is 35.6 Å². The third-order valence-electron chi connectivity index (χ3n) is 10.6. The van der Waals surface area contributed by atoms with E-state index in [2.05, 4.69) is 22.9 Å². The number of likely N-dealkylation sites (tertiary alicyclic amines) is 3. The summed E-state index contributed by atoms with van der Waals surface area (Å²) >= 11 is 6.18. The summed E-state index contributed by atoms with van der Waals surface area (Å²) in [5.74, 6) is -0.250. The van der Waals surface area contributed by atoms with E-state index in [-0.39, 0.29) is 40.7 Å². The number of ether oxygens (including phenoxy) is 1. The number of hydrogen-bond donors (Lipinski definition) is 3. The monoisotopic (exact) mass is 667 g/mol. The molecule has 0 radical (unpaired) electrons. The van der Waals surface area contributed by atoms with Crippen molar-refractivity contribution in [1.29, 1.82) is 0 Å². The number of fused-ring (bicyclic) bond motifs is 1. The highest BCUT2D eigenvalue weighted by Crippen LogP contribution is 2.28. The molecule has 254 valence electrons. The van der Waals surface area contributed by atoms with Gasteiger partial charge in [-0.3, -0.25) is 9.69 Å². The van der Waals surface area contributed by atoms with Crippen molar-refractivity contribution in [2.75, 3.05) is 51.1 Å². The molecule has 0 aliphatic carbocycles. The molecule has 47 heavy (non-hydrogen) atoms. The maximum atomic E-state index is 13.9. The smallest absolute Gasteiger partial charge is 0.410 e. The zero-order valence-electron chi connectivity index (χ0n) is 27.3. The zero-order valence-corrected chi connectivity index (χ0v) is 28.1. The molecule has 3 fully saturated rings. The lowest BCUT2D eigenvalue weighted by atomic mass is 9.89. The quantitative estimate of drug-likeness (QED) is 0.430. The fraction of sp³-hybridized carbons (Fsp3) is 0.571. The van der Waals surface area contributed by atoms with E-state index in [0.717, 1.165) is 56.4 Å². The molecule has 11 nitrogen and oxygen atoms in total. The number of amides is 4. The van der Waals surface area contributed by atoms with Gasteiger partial charge >= 0.3 is 12.1 Å². The van der Waals surface area contributed by atoms with Crippen LogP contribution in [0.2, 0.25) is 5.02 Å².